The molecule has 7 nitrogen and oxygen atoms in total. The van der Waals surface area contributed by atoms with Crippen LogP contribution in [0.3, 0.4) is 0 Å². The van der Waals surface area contributed by atoms with E-state index in [1.54, 1.807) is 18.2 Å². The van der Waals surface area contributed by atoms with Crippen LogP contribution < -0.4 is 5.32 Å². The summed E-state index contributed by atoms with van der Waals surface area (Å²) in [4.78, 5) is 18.8. The number of carbonyl (C=O) groups is 1. The molecule has 2 aromatic heterocycles. The third kappa shape index (κ3) is 5.05. The Morgan fingerprint density at radius 3 is 2.82 bits per heavy atom. The van der Waals surface area contributed by atoms with Crippen molar-refractivity contribution in [1.82, 2.24) is 20.1 Å². The van der Waals surface area contributed by atoms with Gasteiger partial charge in [-0.25, -0.2) is 13.8 Å². The molecule has 4 rings (SSSR count). The van der Waals surface area contributed by atoms with Gasteiger partial charge in [-0.1, -0.05) is 23.7 Å². The zero-order valence-electron chi connectivity index (χ0n) is 18.9. The molecule has 3 aromatic rings. The Labute approximate surface area is 201 Å². The quantitative estimate of drug-likeness (QED) is 0.428. The van der Waals surface area contributed by atoms with Crippen LogP contribution in [0.5, 0.6) is 0 Å². The van der Waals surface area contributed by atoms with Crippen LogP contribution in [0.2, 0.25) is 5.02 Å². The predicted molar refractivity (Wildman–Crippen MR) is 125 cm³/mol. The number of carboxylic acid groups (broad SMARTS) is 1. The van der Waals surface area contributed by atoms with Gasteiger partial charge in [-0.15, -0.1) is 0 Å². The number of halogens is 3. The van der Waals surface area contributed by atoms with E-state index < -0.39 is 23.0 Å². The maximum Gasteiger partial charge on any atom is 0.310 e. The number of aromatic nitrogens is 3. The highest BCUT2D eigenvalue weighted by molar-refractivity contribution is 6.30. The normalized spacial score (nSPS) is 20.9. The van der Waals surface area contributed by atoms with Gasteiger partial charge >= 0.3 is 5.97 Å². The van der Waals surface area contributed by atoms with Gasteiger partial charge in [0.2, 0.25) is 0 Å². The first-order valence-corrected chi connectivity index (χ1v) is 11.4. The Kier molecular flexibility index (Phi) is 6.86. The van der Waals surface area contributed by atoms with Gasteiger partial charge in [0.1, 0.15) is 5.82 Å². The van der Waals surface area contributed by atoms with Crippen LogP contribution in [0, 0.1) is 24.0 Å². The van der Waals surface area contributed by atoms with Crippen LogP contribution in [0.15, 0.2) is 36.4 Å². The van der Waals surface area contributed by atoms with E-state index in [-0.39, 0.29) is 23.3 Å². The number of piperidine rings is 1. The molecule has 0 radical (unpaired) electrons. The fourth-order valence-electron chi connectivity index (χ4n) is 4.55. The number of nitrogens with zero attached hydrogens (tertiary/aromatic N) is 3. The third-order valence-electron chi connectivity index (χ3n) is 6.42. The van der Waals surface area contributed by atoms with Crippen LogP contribution in [-0.2, 0) is 17.8 Å². The maximum atomic E-state index is 14.4. The summed E-state index contributed by atoms with van der Waals surface area (Å²) in [6.07, 6.45) is 0.862. The highest BCUT2D eigenvalue weighted by Gasteiger charge is 2.44. The van der Waals surface area contributed by atoms with Crippen molar-refractivity contribution in [3.8, 4) is 0 Å². The van der Waals surface area contributed by atoms with Crippen LogP contribution in [0.4, 0.5) is 20.4 Å². The van der Waals surface area contributed by atoms with Crippen LogP contribution in [0.1, 0.15) is 36.7 Å². The van der Waals surface area contributed by atoms with Gasteiger partial charge < -0.3 is 10.4 Å². The van der Waals surface area contributed by atoms with Crippen molar-refractivity contribution in [3.05, 3.63) is 70.0 Å². The molecule has 10 heteroatoms. The average molecular weight is 490 g/mol. The van der Waals surface area contributed by atoms with Gasteiger partial charge in [-0.05, 0) is 51.4 Å². The van der Waals surface area contributed by atoms with Crippen molar-refractivity contribution in [3.63, 3.8) is 0 Å². The van der Waals surface area contributed by atoms with Crippen molar-refractivity contribution in [1.29, 1.82) is 0 Å². The van der Waals surface area contributed by atoms with Gasteiger partial charge in [-0.2, -0.15) is 5.10 Å². The van der Waals surface area contributed by atoms with E-state index in [0.29, 0.717) is 43.0 Å². The second-order valence-corrected chi connectivity index (χ2v) is 9.35. The van der Waals surface area contributed by atoms with Gasteiger partial charge in [-0.3, -0.25) is 14.8 Å². The van der Waals surface area contributed by atoms with Gasteiger partial charge in [0.15, 0.2) is 17.5 Å². The number of aliphatic carboxylic acids is 1. The van der Waals surface area contributed by atoms with Crippen LogP contribution >= 0.6 is 11.6 Å². The number of aromatic amines is 1. The number of benzene rings is 1. The molecule has 1 fully saturated rings. The maximum absolute atomic E-state index is 14.4. The Balaban J connectivity index is 1.51. The van der Waals surface area contributed by atoms with E-state index in [1.807, 2.05) is 13.8 Å². The monoisotopic (exact) mass is 489 g/mol. The first kappa shape index (κ1) is 24.1. The number of pyridine rings is 1. The number of aryl methyl sites for hydroxylation is 1. The van der Waals surface area contributed by atoms with Crippen molar-refractivity contribution < 1.29 is 18.7 Å². The smallest absolute Gasteiger partial charge is 0.310 e. The zero-order chi connectivity index (χ0) is 24.5. The topological polar surface area (TPSA) is 94.1 Å². The molecule has 2 atom stereocenters. The number of rotatable bonds is 7. The summed E-state index contributed by atoms with van der Waals surface area (Å²) in [5.74, 6) is -1.51. The molecule has 0 aliphatic carbocycles. The number of anilines is 2. The third-order valence-corrected chi connectivity index (χ3v) is 6.71. The molecular formula is C24H26ClF2N5O2. The summed E-state index contributed by atoms with van der Waals surface area (Å²) in [5.41, 5.74) is 0.697. The predicted octanol–water partition coefficient (Wildman–Crippen LogP) is 5.09. The lowest BCUT2D eigenvalue weighted by atomic mass is 9.72. The molecule has 0 amide bonds. The molecule has 1 aromatic carbocycles. The van der Waals surface area contributed by atoms with Crippen LogP contribution in [-0.4, -0.2) is 43.7 Å². The standard InChI is InChI=1S/C24H26ClF2N5O2/c1-14-10-20(31-30-14)29-22-19(26)7-6-17(28-22)12-24(23(33)34)8-9-32(15(2)11-24)13-16-4-3-5-18(25)21(16)27/h3-7,10,15H,8-9,11-13H2,1-2H3,(H,33,34)(H2,28,29,30,31)/t15-,24-/m1/s1. The molecular weight excluding hydrogens is 464 g/mol. The summed E-state index contributed by atoms with van der Waals surface area (Å²) in [6.45, 7) is 4.57. The lowest BCUT2D eigenvalue weighted by Gasteiger charge is -2.43. The van der Waals surface area contributed by atoms with Crippen molar-refractivity contribution in [2.75, 3.05) is 11.9 Å². The van der Waals surface area contributed by atoms with Gasteiger partial charge in [0.05, 0.1) is 10.4 Å². The molecule has 1 saturated heterocycles. The molecule has 3 N–H and O–H groups in total. The first-order chi connectivity index (χ1) is 16.2. The fraction of sp³-hybridized carbons (Fsp3) is 0.375. The molecule has 0 unspecified atom stereocenters. The summed E-state index contributed by atoms with van der Waals surface area (Å²) in [5, 5.41) is 19.9. The lowest BCUT2D eigenvalue weighted by Crippen LogP contribution is -2.49. The number of nitrogens with one attached hydrogen (secondary N) is 2. The van der Waals surface area contributed by atoms with Gasteiger partial charge in [0, 0.05) is 42.0 Å². The minimum Gasteiger partial charge on any atom is -0.481 e. The number of H-pyrrole nitrogens is 1. The summed E-state index contributed by atoms with van der Waals surface area (Å²) >= 11 is 5.91. The van der Waals surface area contributed by atoms with E-state index in [1.165, 1.54) is 18.2 Å². The minimum atomic E-state index is -1.06. The molecule has 0 spiro atoms. The molecule has 1 aliphatic heterocycles. The molecule has 1 aliphatic rings. The molecule has 180 valence electrons. The largest absolute Gasteiger partial charge is 0.481 e. The van der Waals surface area contributed by atoms with Crippen molar-refractivity contribution in [2.45, 2.75) is 45.7 Å². The Bertz CT molecular complexity index is 1200. The molecule has 0 bridgehead atoms. The van der Waals surface area contributed by atoms with Crippen molar-refractivity contribution >= 4 is 29.2 Å². The van der Waals surface area contributed by atoms with E-state index in [9.17, 15) is 18.7 Å². The van der Waals surface area contributed by atoms with E-state index in [0.717, 1.165) is 5.69 Å². The Hall–Kier alpha value is -3.04. The summed E-state index contributed by atoms with van der Waals surface area (Å²) in [7, 11) is 0. The lowest BCUT2D eigenvalue weighted by molar-refractivity contribution is -0.153. The van der Waals surface area contributed by atoms with E-state index >= 15 is 0 Å². The molecule has 3 heterocycles. The minimum absolute atomic E-state index is 0.00791. The zero-order valence-corrected chi connectivity index (χ0v) is 19.7. The second kappa shape index (κ2) is 9.68. The molecule has 34 heavy (non-hydrogen) atoms. The second-order valence-electron chi connectivity index (χ2n) is 8.94. The highest BCUT2D eigenvalue weighted by atomic mass is 35.5. The summed E-state index contributed by atoms with van der Waals surface area (Å²) in [6, 6.07) is 9.28. The van der Waals surface area contributed by atoms with Crippen LogP contribution in [0.25, 0.3) is 0 Å². The highest BCUT2D eigenvalue weighted by Crippen LogP contribution is 2.39. The number of hydrogen-bond acceptors (Lipinski definition) is 5. The number of likely N-dealkylation sites (tertiary alicyclic amines) is 1. The average Bonchev–Trinajstić information content (AvgIpc) is 3.20. The number of carboxylic acids is 1. The fourth-order valence-corrected chi connectivity index (χ4v) is 4.74. The number of hydrogen-bond donors (Lipinski definition) is 3. The van der Waals surface area contributed by atoms with E-state index in [2.05, 4.69) is 25.4 Å². The van der Waals surface area contributed by atoms with E-state index in [4.69, 9.17) is 11.6 Å². The SMILES string of the molecule is Cc1cc(Nc2nc(C[C@@]3(C(=O)O)CCN(Cc4cccc(Cl)c4F)[C@H](C)C3)ccc2F)n[nH]1. The first-order valence-electron chi connectivity index (χ1n) is 11.0. The Morgan fingerprint density at radius 2 is 2.15 bits per heavy atom. The summed E-state index contributed by atoms with van der Waals surface area (Å²) < 4.78 is 28.7. The van der Waals surface area contributed by atoms with Crippen molar-refractivity contribution in [2.24, 2.45) is 5.41 Å². The molecule has 0 saturated carbocycles. The van der Waals surface area contributed by atoms with Gasteiger partial charge in [0.25, 0.3) is 0 Å². The Morgan fingerprint density at radius 1 is 1.35 bits per heavy atom.